The van der Waals surface area contributed by atoms with Crippen molar-refractivity contribution in [1.82, 2.24) is 10.6 Å². The van der Waals surface area contributed by atoms with Gasteiger partial charge in [-0.3, -0.25) is 4.79 Å². The molecule has 4 rings (SSSR count). The molecule has 140 valence electrons. The van der Waals surface area contributed by atoms with Gasteiger partial charge in [0.05, 0.1) is 12.1 Å². The quantitative estimate of drug-likeness (QED) is 0.865. The van der Waals surface area contributed by atoms with Crippen molar-refractivity contribution in [3.05, 3.63) is 59.7 Å². The van der Waals surface area contributed by atoms with Gasteiger partial charge in [0.1, 0.15) is 19.8 Å². The van der Waals surface area contributed by atoms with Crippen LogP contribution in [0.3, 0.4) is 0 Å². The molecule has 2 atom stereocenters. The van der Waals surface area contributed by atoms with Gasteiger partial charge in [0.15, 0.2) is 11.5 Å². The van der Waals surface area contributed by atoms with Crippen LogP contribution in [0.4, 0.5) is 4.79 Å². The van der Waals surface area contributed by atoms with Crippen LogP contribution in [-0.2, 0) is 16.1 Å². The number of rotatable bonds is 4. The van der Waals surface area contributed by atoms with Crippen LogP contribution in [0.25, 0.3) is 0 Å². The maximum Gasteiger partial charge on any atom is 0.407 e. The number of benzene rings is 2. The van der Waals surface area contributed by atoms with Gasteiger partial charge in [-0.05, 0) is 23.3 Å². The Morgan fingerprint density at radius 2 is 1.89 bits per heavy atom. The molecule has 2 aliphatic heterocycles. The lowest BCUT2D eigenvalue weighted by molar-refractivity contribution is -0.119. The molecule has 0 radical (unpaired) electrons. The fourth-order valence-electron chi connectivity index (χ4n) is 3.27. The van der Waals surface area contributed by atoms with Crippen LogP contribution >= 0.6 is 0 Å². The molecule has 7 heteroatoms. The summed E-state index contributed by atoms with van der Waals surface area (Å²) >= 11 is 0. The number of hydrogen-bond donors (Lipinski definition) is 2. The number of fused-ring (bicyclic) bond motifs is 1. The maximum atomic E-state index is 12.2. The minimum atomic E-state index is -0.553. The zero-order valence-corrected chi connectivity index (χ0v) is 14.6. The van der Waals surface area contributed by atoms with Crippen LogP contribution in [0.2, 0.25) is 0 Å². The van der Waals surface area contributed by atoms with Crippen molar-refractivity contribution in [3.63, 3.8) is 0 Å². The Bertz CT molecular complexity index is 840. The largest absolute Gasteiger partial charge is 0.486 e. The molecule has 2 aromatic carbocycles. The van der Waals surface area contributed by atoms with E-state index < -0.39 is 12.1 Å². The van der Waals surface area contributed by atoms with Crippen molar-refractivity contribution < 1.29 is 23.8 Å². The number of hydrogen-bond acceptors (Lipinski definition) is 5. The molecule has 0 unspecified atom stereocenters. The second-order valence-corrected chi connectivity index (χ2v) is 6.46. The first kappa shape index (κ1) is 17.2. The monoisotopic (exact) mass is 368 g/mol. The third-order valence-electron chi connectivity index (χ3n) is 4.57. The summed E-state index contributed by atoms with van der Waals surface area (Å²) in [6.07, 6.45) is -0.359. The highest BCUT2D eigenvalue weighted by Crippen LogP contribution is 2.35. The van der Waals surface area contributed by atoms with Gasteiger partial charge in [0.2, 0.25) is 5.91 Å². The van der Waals surface area contributed by atoms with Gasteiger partial charge in [-0.1, -0.05) is 36.4 Å². The lowest BCUT2D eigenvalue weighted by atomic mass is 10.0. The highest BCUT2D eigenvalue weighted by molar-refractivity contribution is 5.81. The first-order valence-corrected chi connectivity index (χ1v) is 8.85. The summed E-state index contributed by atoms with van der Waals surface area (Å²) in [6, 6.07) is 14.2. The highest BCUT2D eigenvalue weighted by Gasteiger charge is 2.35. The Morgan fingerprint density at radius 3 is 2.70 bits per heavy atom. The lowest BCUT2D eigenvalue weighted by Gasteiger charge is -2.23. The summed E-state index contributed by atoms with van der Waals surface area (Å²) in [7, 11) is 0. The van der Waals surface area contributed by atoms with Gasteiger partial charge in [-0.2, -0.15) is 0 Å². The average Bonchev–Trinajstić information content (AvgIpc) is 3.07. The normalized spacial score (nSPS) is 20.7. The summed E-state index contributed by atoms with van der Waals surface area (Å²) < 4.78 is 16.4. The second-order valence-electron chi connectivity index (χ2n) is 6.46. The van der Waals surface area contributed by atoms with E-state index in [1.165, 1.54) is 0 Å². The van der Waals surface area contributed by atoms with Crippen molar-refractivity contribution in [2.45, 2.75) is 25.1 Å². The van der Waals surface area contributed by atoms with Gasteiger partial charge in [-0.25, -0.2) is 4.79 Å². The number of ether oxygens (including phenoxy) is 3. The number of alkyl carbamates (subject to hydrolysis) is 1. The Hall–Kier alpha value is -3.22. The predicted molar refractivity (Wildman–Crippen MR) is 96.5 cm³/mol. The van der Waals surface area contributed by atoms with Gasteiger partial charge < -0.3 is 24.8 Å². The summed E-state index contributed by atoms with van der Waals surface area (Å²) in [5.41, 5.74) is 1.75. The van der Waals surface area contributed by atoms with E-state index in [1.807, 2.05) is 48.5 Å². The predicted octanol–water partition coefficient (Wildman–Crippen LogP) is 2.31. The van der Waals surface area contributed by atoms with Gasteiger partial charge >= 0.3 is 6.09 Å². The molecular formula is C20H20N2O5. The SMILES string of the molecule is O=C1C[C@@H](NC(=O)OCc2ccccc2)[C@H](c2ccc3c(c2)OCCO3)N1. The Labute approximate surface area is 156 Å². The number of carbonyl (C=O) groups excluding carboxylic acids is 2. The highest BCUT2D eigenvalue weighted by atomic mass is 16.6. The van der Waals surface area contributed by atoms with Crippen molar-refractivity contribution in [2.24, 2.45) is 0 Å². The van der Waals surface area contributed by atoms with E-state index in [0.717, 1.165) is 11.1 Å². The third kappa shape index (κ3) is 3.97. The molecule has 2 N–H and O–H groups in total. The molecule has 2 aromatic rings. The zero-order valence-electron chi connectivity index (χ0n) is 14.6. The van der Waals surface area contributed by atoms with E-state index in [1.54, 1.807) is 0 Å². The molecule has 2 heterocycles. The van der Waals surface area contributed by atoms with Crippen LogP contribution in [0, 0.1) is 0 Å². The van der Waals surface area contributed by atoms with E-state index >= 15 is 0 Å². The fourth-order valence-corrected chi connectivity index (χ4v) is 3.27. The molecule has 1 fully saturated rings. The topological polar surface area (TPSA) is 85.9 Å². The van der Waals surface area contributed by atoms with Crippen molar-refractivity contribution >= 4 is 12.0 Å². The summed E-state index contributed by atoms with van der Waals surface area (Å²) in [6.45, 7) is 1.18. The van der Waals surface area contributed by atoms with E-state index in [0.29, 0.717) is 24.7 Å². The second kappa shape index (κ2) is 7.57. The number of nitrogens with one attached hydrogen (secondary N) is 2. The van der Waals surface area contributed by atoms with E-state index in [2.05, 4.69) is 10.6 Å². The maximum absolute atomic E-state index is 12.2. The Morgan fingerprint density at radius 1 is 1.11 bits per heavy atom. The first-order chi connectivity index (χ1) is 13.2. The zero-order chi connectivity index (χ0) is 18.6. The van der Waals surface area contributed by atoms with Crippen LogP contribution in [-0.4, -0.2) is 31.3 Å². The first-order valence-electron chi connectivity index (χ1n) is 8.85. The molecule has 1 saturated heterocycles. The van der Waals surface area contributed by atoms with Crippen molar-refractivity contribution in [1.29, 1.82) is 0 Å². The molecule has 27 heavy (non-hydrogen) atoms. The van der Waals surface area contributed by atoms with Crippen molar-refractivity contribution in [2.75, 3.05) is 13.2 Å². The minimum absolute atomic E-state index is 0.122. The van der Waals surface area contributed by atoms with Crippen LogP contribution < -0.4 is 20.1 Å². The third-order valence-corrected chi connectivity index (χ3v) is 4.57. The smallest absolute Gasteiger partial charge is 0.407 e. The van der Waals surface area contributed by atoms with Crippen LogP contribution in [0.1, 0.15) is 23.6 Å². The minimum Gasteiger partial charge on any atom is -0.486 e. The molecule has 0 bridgehead atoms. The van der Waals surface area contributed by atoms with Crippen LogP contribution in [0.5, 0.6) is 11.5 Å². The van der Waals surface area contributed by atoms with Gasteiger partial charge in [0, 0.05) is 6.42 Å². The number of carbonyl (C=O) groups is 2. The van der Waals surface area contributed by atoms with E-state index in [9.17, 15) is 9.59 Å². The Kier molecular flexibility index (Phi) is 4.82. The van der Waals surface area contributed by atoms with Crippen LogP contribution in [0.15, 0.2) is 48.5 Å². The lowest BCUT2D eigenvalue weighted by Crippen LogP contribution is -2.38. The Balaban J connectivity index is 1.42. The van der Waals surface area contributed by atoms with E-state index in [4.69, 9.17) is 14.2 Å². The molecule has 0 aliphatic carbocycles. The standard InChI is InChI=1S/C20H20N2O5/c23-18-11-15(21-20(24)27-12-13-4-2-1-3-5-13)19(22-18)14-6-7-16-17(10-14)26-9-8-25-16/h1-7,10,15,19H,8-9,11-12H2,(H,21,24)(H,22,23)/t15-,19+/m1/s1. The molecule has 0 aromatic heterocycles. The van der Waals surface area contributed by atoms with Crippen molar-refractivity contribution in [3.8, 4) is 11.5 Å². The van der Waals surface area contributed by atoms with Gasteiger partial charge in [-0.15, -0.1) is 0 Å². The van der Waals surface area contributed by atoms with E-state index in [-0.39, 0.29) is 25.0 Å². The molecule has 2 amide bonds. The number of amides is 2. The summed E-state index contributed by atoms with van der Waals surface area (Å²) in [5.74, 6) is 1.20. The summed E-state index contributed by atoms with van der Waals surface area (Å²) in [5, 5.41) is 5.69. The molecule has 2 aliphatic rings. The average molecular weight is 368 g/mol. The molecule has 0 saturated carbocycles. The van der Waals surface area contributed by atoms with Gasteiger partial charge in [0.25, 0.3) is 0 Å². The molecule has 7 nitrogen and oxygen atoms in total. The molecule has 0 spiro atoms. The molecular weight excluding hydrogens is 348 g/mol. The summed E-state index contributed by atoms with van der Waals surface area (Å²) in [4.78, 5) is 24.1. The fraction of sp³-hybridized carbons (Fsp3) is 0.300.